The topological polar surface area (TPSA) is 99.3 Å². The number of rotatable bonds is 8. The van der Waals surface area contributed by atoms with Crippen LogP contribution in [-0.2, 0) is 16.1 Å². The van der Waals surface area contributed by atoms with Crippen molar-refractivity contribution in [3.63, 3.8) is 0 Å². The molecule has 0 saturated heterocycles. The Hall–Kier alpha value is -1.96. The molecule has 0 aliphatic carbocycles. The van der Waals surface area contributed by atoms with Gasteiger partial charge in [0.2, 0.25) is 0 Å². The summed E-state index contributed by atoms with van der Waals surface area (Å²) in [5.41, 5.74) is 0. The second kappa shape index (κ2) is 7.47. The molecule has 1 rings (SSSR count). The van der Waals surface area contributed by atoms with Crippen molar-refractivity contribution < 1.29 is 14.5 Å². The number of hydrogen-bond acceptors (Lipinski definition) is 5. The average Bonchev–Trinajstić information content (AvgIpc) is 2.76. The maximum atomic E-state index is 11.5. The van der Waals surface area contributed by atoms with E-state index in [0.717, 1.165) is 4.68 Å². The number of amides is 1. The van der Waals surface area contributed by atoms with Gasteiger partial charge in [0.25, 0.3) is 5.91 Å². The predicted molar refractivity (Wildman–Crippen MR) is 67.6 cm³/mol. The van der Waals surface area contributed by atoms with E-state index in [0.29, 0.717) is 19.6 Å². The van der Waals surface area contributed by atoms with Crippen molar-refractivity contribution in [2.45, 2.75) is 32.9 Å². The third kappa shape index (κ3) is 5.47. The van der Waals surface area contributed by atoms with E-state index < -0.39 is 4.92 Å². The fourth-order valence-corrected chi connectivity index (χ4v) is 1.41. The SMILES string of the molecule is CC(C)OCCCNC(=O)Cn1nccc1[N+](=O)[O-]. The predicted octanol–water partition coefficient (Wildman–Crippen LogP) is 0.723. The van der Waals surface area contributed by atoms with Crippen LogP contribution in [0.4, 0.5) is 5.82 Å². The van der Waals surface area contributed by atoms with Crippen LogP contribution in [0.1, 0.15) is 20.3 Å². The molecule has 1 heterocycles. The maximum Gasteiger partial charge on any atom is 0.345 e. The number of carbonyl (C=O) groups excluding carboxylic acids is 1. The lowest BCUT2D eigenvalue weighted by Crippen LogP contribution is -2.29. The van der Waals surface area contributed by atoms with Crippen molar-refractivity contribution in [2.24, 2.45) is 0 Å². The van der Waals surface area contributed by atoms with Gasteiger partial charge in [-0.25, -0.2) is 0 Å². The van der Waals surface area contributed by atoms with Crippen molar-refractivity contribution in [2.75, 3.05) is 13.2 Å². The Kier molecular flexibility index (Phi) is 5.94. The fourth-order valence-electron chi connectivity index (χ4n) is 1.41. The molecule has 0 spiro atoms. The molecule has 0 atom stereocenters. The number of carbonyl (C=O) groups is 1. The number of nitro groups is 1. The second-order valence-corrected chi connectivity index (χ2v) is 4.23. The van der Waals surface area contributed by atoms with Gasteiger partial charge in [0.15, 0.2) is 6.54 Å². The monoisotopic (exact) mass is 270 g/mol. The summed E-state index contributed by atoms with van der Waals surface area (Å²) >= 11 is 0. The molecule has 0 aliphatic heterocycles. The van der Waals surface area contributed by atoms with Gasteiger partial charge in [-0.1, -0.05) is 5.10 Å². The van der Waals surface area contributed by atoms with E-state index in [1.54, 1.807) is 0 Å². The molecule has 1 amide bonds. The van der Waals surface area contributed by atoms with Gasteiger partial charge >= 0.3 is 5.82 Å². The lowest BCUT2D eigenvalue weighted by atomic mass is 10.4. The van der Waals surface area contributed by atoms with Crippen LogP contribution in [-0.4, -0.2) is 39.9 Å². The highest BCUT2D eigenvalue weighted by atomic mass is 16.6. The molecule has 106 valence electrons. The van der Waals surface area contributed by atoms with Gasteiger partial charge in [0.1, 0.15) is 0 Å². The van der Waals surface area contributed by atoms with E-state index in [4.69, 9.17) is 4.74 Å². The van der Waals surface area contributed by atoms with Crippen LogP contribution in [0.15, 0.2) is 12.3 Å². The molecule has 8 heteroatoms. The summed E-state index contributed by atoms with van der Waals surface area (Å²) in [6.07, 6.45) is 2.16. The summed E-state index contributed by atoms with van der Waals surface area (Å²) in [7, 11) is 0. The summed E-state index contributed by atoms with van der Waals surface area (Å²) in [6, 6.07) is 1.25. The Morgan fingerprint density at radius 3 is 3.00 bits per heavy atom. The van der Waals surface area contributed by atoms with Gasteiger partial charge in [0.05, 0.1) is 18.4 Å². The highest BCUT2D eigenvalue weighted by Gasteiger charge is 2.16. The normalized spacial score (nSPS) is 10.7. The number of nitrogens with zero attached hydrogens (tertiary/aromatic N) is 3. The molecule has 0 saturated carbocycles. The van der Waals surface area contributed by atoms with Crippen LogP contribution in [0.3, 0.4) is 0 Å². The van der Waals surface area contributed by atoms with E-state index in [-0.39, 0.29) is 24.4 Å². The van der Waals surface area contributed by atoms with Gasteiger partial charge in [-0.2, -0.15) is 0 Å². The molecule has 19 heavy (non-hydrogen) atoms. The number of ether oxygens (including phenoxy) is 1. The van der Waals surface area contributed by atoms with E-state index in [1.807, 2.05) is 13.8 Å². The summed E-state index contributed by atoms with van der Waals surface area (Å²) in [5.74, 6) is -0.505. The Bertz CT molecular complexity index is 430. The van der Waals surface area contributed by atoms with Crippen molar-refractivity contribution in [3.8, 4) is 0 Å². The molecule has 0 aromatic carbocycles. The van der Waals surface area contributed by atoms with Crippen molar-refractivity contribution in [1.29, 1.82) is 0 Å². The van der Waals surface area contributed by atoms with Crippen LogP contribution < -0.4 is 5.32 Å². The van der Waals surface area contributed by atoms with Gasteiger partial charge < -0.3 is 20.2 Å². The van der Waals surface area contributed by atoms with Crippen molar-refractivity contribution in [3.05, 3.63) is 22.4 Å². The molecule has 0 fully saturated rings. The first-order valence-corrected chi connectivity index (χ1v) is 6.05. The fraction of sp³-hybridized carbons (Fsp3) is 0.636. The molecule has 1 aromatic rings. The zero-order valence-electron chi connectivity index (χ0n) is 11.0. The van der Waals surface area contributed by atoms with Crippen LogP contribution in [0.5, 0.6) is 0 Å². The minimum absolute atomic E-state index is 0.158. The summed E-state index contributed by atoms with van der Waals surface area (Å²) in [4.78, 5) is 21.6. The number of aromatic nitrogens is 2. The average molecular weight is 270 g/mol. The van der Waals surface area contributed by atoms with Crippen LogP contribution >= 0.6 is 0 Å². The minimum atomic E-state index is -0.573. The summed E-state index contributed by atoms with van der Waals surface area (Å²) in [5, 5.41) is 17.0. The molecule has 1 aromatic heterocycles. The second-order valence-electron chi connectivity index (χ2n) is 4.23. The zero-order valence-corrected chi connectivity index (χ0v) is 11.0. The lowest BCUT2D eigenvalue weighted by molar-refractivity contribution is -0.392. The molecule has 0 bridgehead atoms. The molecule has 0 unspecified atom stereocenters. The van der Waals surface area contributed by atoms with E-state index >= 15 is 0 Å². The zero-order chi connectivity index (χ0) is 14.3. The quantitative estimate of drug-likeness (QED) is 0.426. The first kappa shape index (κ1) is 15.1. The first-order chi connectivity index (χ1) is 9.00. The third-order valence-corrected chi connectivity index (χ3v) is 2.27. The minimum Gasteiger partial charge on any atom is -0.379 e. The highest BCUT2D eigenvalue weighted by molar-refractivity contribution is 5.75. The van der Waals surface area contributed by atoms with Crippen LogP contribution in [0.25, 0.3) is 0 Å². The summed E-state index contributed by atoms with van der Waals surface area (Å²) in [6.45, 7) is 4.76. The standard InChI is InChI=1S/C11H18N4O4/c1-9(2)19-7-3-5-12-10(16)8-14-11(15(17)18)4-6-13-14/h4,6,9H,3,5,7-8H2,1-2H3,(H,12,16). The van der Waals surface area contributed by atoms with Crippen molar-refractivity contribution in [1.82, 2.24) is 15.1 Å². The van der Waals surface area contributed by atoms with Crippen LogP contribution in [0, 0.1) is 10.1 Å². The van der Waals surface area contributed by atoms with E-state index in [1.165, 1.54) is 12.3 Å². The largest absolute Gasteiger partial charge is 0.379 e. The smallest absolute Gasteiger partial charge is 0.345 e. The Morgan fingerprint density at radius 2 is 2.37 bits per heavy atom. The molecular weight excluding hydrogens is 252 g/mol. The Morgan fingerprint density at radius 1 is 1.63 bits per heavy atom. The van der Waals surface area contributed by atoms with Gasteiger partial charge in [0, 0.05) is 13.2 Å². The van der Waals surface area contributed by atoms with E-state index in [9.17, 15) is 14.9 Å². The Labute approximate surface area is 110 Å². The Balaban J connectivity index is 2.27. The molecule has 0 radical (unpaired) electrons. The molecule has 8 nitrogen and oxygen atoms in total. The van der Waals surface area contributed by atoms with Gasteiger partial charge in [-0.3, -0.25) is 4.79 Å². The molecular formula is C11H18N4O4. The van der Waals surface area contributed by atoms with Gasteiger partial charge in [-0.15, -0.1) is 4.68 Å². The lowest BCUT2D eigenvalue weighted by Gasteiger charge is -2.07. The molecule has 1 N–H and O–H groups in total. The molecule has 0 aliphatic rings. The maximum absolute atomic E-state index is 11.5. The highest BCUT2D eigenvalue weighted by Crippen LogP contribution is 2.08. The van der Waals surface area contributed by atoms with Crippen LogP contribution in [0.2, 0.25) is 0 Å². The van der Waals surface area contributed by atoms with Crippen molar-refractivity contribution >= 4 is 11.7 Å². The van der Waals surface area contributed by atoms with E-state index in [2.05, 4.69) is 10.4 Å². The first-order valence-electron chi connectivity index (χ1n) is 6.05. The van der Waals surface area contributed by atoms with Gasteiger partial charge in [-0.05, 0) is 25.2 Å². The third-order valence-electron chi connectivity index (χ3n) is 2.27. The summed E-state index contributed by atoms with van der Waals surface area (Å²) < 4.78 is 6.38. The number of nitrogens with one attached hydrogen (secondary N) is 1. The number of hydrogen-bond donors (Lipinski definition) is 1.